The summed E-state index contributed by atoms with van der Waals surface area (Å²) in [5, 5.41) is 13.8. The Morgan fingerprint density at radius 3 is 2.46 bits per heavy atom. The SMILES string of the molecule is O=[N+]([O-])c1cnc(N2CCN(c3ncnc4sccc34)CC2)nc1. The van der Waals surface area contributed by atoms with Crippen molar-refractivity contribution in [1.82, 2.24) is 19.9 Å². The van der Waals surface area contributed by atoms with Gasteiger partial charge in [-0.3, -0.25) is 10.1 Å². The van der Waals surface area contributed by atoms with Crippen molar-refractivity contribution < 1.29 is 4.92 Å². The number of anilines is 2. The summed E-state index contributed by atoms with van der Waals surface area (Å²) in [5.74, 6) is 1.47. The largest absolute Gasteiger partial charge is 0.352 e. The van der Waals surface area contributed by atoms with Crippen molar-refractivity contribution in [3.8, 4) is 0 Å². The molecule has 0 unspecified atom stereocenters. The monoisotopic (exact) mass is 343 g/mol. The molecule has 4 heterocycles. The molecule has 9 nitrogen and oxygen atoms in total. The molecule has 0 radical (unpaired) electrons. The predicted molar refractivity (Wildman–Crippen MR) is 90.5 cm³/mol. The lowest BCUT2D eigenvalue weighted by atomic mass is 10.3. The highest BCUT2D eigenvalue weighted by atomic mass is 32.1. The molecule has 0 aliphatic carbocycles. The Hall–Kier alpha value is -2.88. The number of nitrogens with zero attached hydrogens (tertiary/aromatic N) is 7. The van der Waals surface area contributed by atoms with E-state index in [9.17, 15) is 10.1 Å². The third kappa shape index (κ3) is 2.60. The standard InChI is InChI=1S/C14H13N7O2S/c22-21(23)10-7-15-14(16-8-10)20-4-2-19(3-5-20)12-11-1-6-24-13(11)18-9-17-12/h1,6-9H,2-5H2. The van der Waals surface area contributed by atoms with Crippen molar-refractivity contribution in [3.63, 3.8) is 0 Å². The van der Waals surface area contributed by atoms with E-state index in [2.05, 4.69) is 24.8 Å². The zero-order chi connectivity index (χ0) is 16.5. The Kier molecular flexibility index (Phi) is 3.65. The first-order chi connectivity index (χ1) is 11.7. The Balaban J connectivity index is 1.48. The maximum atomic E-state index is 10.7. The number of hydrogen-bond acceptors (Lipinski definition) is 9. The van der Waals surface area contributed by atoms with Crippen LogP contribution in [0.5, 0.6) is 0 Å². The van der Waals surface area contributed by atoms with Crippen molar-refractivity contribution in [2.24, 2.45) is 0 Å². The average molecular weight is 343 g/mol. The molecule has 1 fully saturated rings. The molecule has 1 saturated heterocycles. The van der Waals surface area contributed by atoms with E-state index in [-0.39, 0.29) is 5.69 Å². The first-order valence-electron chi connectivity index (χ1n) is 7.37. The van der Waals surface area contributed by atoms with Crippen LogP contribution in [0.25, 0.3) is 10.2 Å². The van der Waals surface area contributed by atoms with E-state index in [4.69, 9.17) is 0 Å². The van der Waals surface area contributed by atoms with Gasteiger partial charge in [0.05, 0.1) is 10.3 Å². The molecule has 10 heteroatoms. The highest BCUT2D eigenvalue weighted by molar-refractivity contribution is 7.16. The molecule has 0 amide bonds. The van der Waals surface area contributed by atoms with Gasteiger partial charge in [0.2, 0.25) is 5.95 Å². The number of aromatic nitrogens is 4. The second kappa shape index (κ2) is 5.96. The Morgan fingerprint density at radius 1 is 1.04 bits per heavy atom. The summed E-state index contributed by atoms with van der Waals surface area (Å²) in [4.78, 5) is 32.3. The average Bonchev–Trinajstić information content (AvgIpc) is 3.11. The zero-order valence-electron chi connectivity index (χ0n) is 12.6. The molecular weight excluding hydrogens is 330 g/mol. The molecule has 0 aromatic carbocycles. The van der Waals surface area contributed by atoms with Gasteiger partial charge < -0.3 is 9.80 Å². The number of nitro groups is 1. The molecule has 3 aromatic rings. The molecular formula is C14H13N7O2S. The molecule has 4 rings (SSSR count). The Labute approximate surface area is 140 Å². The molecule has 0 N–H and O–H groups in total. The van der Waals surface area contributed by atoms with E-state index in [1.807, 2.05) is 16.3 Å². The third-order valence-corrected chi connectivity index (χ3v) is 4.76. The van der Waals surface area contributed by atoms with Crippen LogP contribution in [0.15, 0.2) is 30.2 Å². The maximum Gasteiger partial charge on any atom is 0.305 e. The second-order valence-electron chi connectivity index (χ2n) is 5.31. The molecule has 1 aliphatic rings. The fourth-order valence-electron chi connectivity index (χ4n) is 2.72. The highest BCUT2D eigenvalue weighted by Gasteiger charge is 2.22. The van der Waals surface area contributed by atoms with E-state index in [1.54, 1.807) is 17.7 Å². The topological polar surface area (TPSA) is 101 Å². The van der Waals surface area contributed by atoms with Gasteiger partial charge in [0.15, 0.2) is 0 Å². The molecule has 1 aliphatic heterocycles. The normalized spacial score (nSPS) is 15.0. The minimum absolute atomic E-state index is 0.0989. The van der Waals surface area contributed by atoms with E-state index in [0.29, 0.717) is 5.95 Å². The maximum absolute atomic E-state index is 10.7. The summed E-state index contributed by atoms with van der Waals surface area (Å²) >= 11 is 1.60. The van der Waals surface area contributed by atoms with Crippen LogP contribution in [0.4, 0.5) is 17.5 Å². The van der Waals surface area contributed by atoms with Crippen molar-refractivity contribution in [3.05, 3.63) is 40.3 Å². The van der Waals surface area contributed by atoms with Crippen molar-refractivity contribution in [2.75, 3.05) is 36.0 Å². The van der Waals surface area contributed by atoms with E-state index >= 15 is 0 Å². The van der Waals surface area contributed by atoms with Crippen LogP contribution in [-0.4, -0.2) is 51.0 Å². The fraction of sp³-hybridized carbons (Fsp3) is 0.286. The molecule has 0 spiro atoms. The van der Waals surface area contributed by atoms with Crippen molar-refractivity contribution >= 4 is 39.0 Å². The predicted octanol–water partition coefficient (Wildman–Crippen LogP) is 1.72. The van der Waals surface area contributed by atoms with Crippen LogP contribution < -0.4 is 9.80 Å². The summed E-state index contributed by atoms with van der Waals surface area (Å²) < 4.78 is 0. The molecule has 0 atom stereocenters. The summed E-state index contributed by atoms with van der Waals surface area (Å²) in [7, 11) is 0. The molecule has 0 saturated carbocycles. The van der Waals surface area contributed by atoms with Crippen LogP contribution in [-0.2, 0) is 0 Å². The number of rotatable bonds is 3. The van der Waals surface area contributed by atoms with Gasteiger partial charge in [0.25, 0.3) is 0 Å². The van der Waals surface area contributed by atoms with Gasteiger partial charge in [-0.1, -0.05) is 0 Å². The Bertz CT molecular complexity index is 874. The summed E-state index contributed by atoms with van der Waals surface area (Å²) in [6.45, 7) is 3.02. The van der Waals surface area contributed by atoms with Gasteiger partial charge in [-0.15, -0.1) is 11.3 Å². The quantitative estimate of drug-likeness (QED) is 0.523. The summed E-state index contributed by atoms with van der Waals surface area (Å²) in [5.41, 5.74) is -0.0989. The minimum atomic E-state index is -0.497. The number of piperazine rings is 1. The van der Waals surface area contributed by atoms with E-state index < -0.39 is 4.92 Å². The first kappa shape index (κ1) is 14.7. The van der Waals surface area contributed by atoms with Gasteiger partial charge in [0, 0.05) is 26.2 Å². The smallest absolute Gasteiger partial charge is 0.305 e. The van der Waals surface area contributed by atoms with Crippen LogP contribution in [0.1, 0.15) is 0 Å². The first-order valence-corrected chi connectivity index (χ1v) is 8.25. The third-order valence-electron chi connectivity index (χ3n) is 3.94. The molecule has 3 aromatic heterocycles. The molecule has 0 bridgehead atoms. The van der Waals surface area contributed by atoms with Gasteiger partial charge in [-0.25, -0.2) is 19.9 Å². The molecule has 122 valence electrons. The fourth-order valence-corrected chi connectivity index (χ4v) is 3.45. The highest BCUT2D eigenvalue weighted by Crippen LogP contribution is 2.27. The number of fused-ring (bicyclic) bond motifs is 1. The number of thiophene rings is 1. The van der Waals surface area contributed by atoms with Crippen LogP contribution >= 0.6 is 11.3 Å². The lowest BCUT2D eigenvalue weighted by molar-refractivity contribution is -0.385. The second-order valence-corrected chi connectivity index (χ2v) is 6.20. The van der Waals surface area contributed by atoms with Gasteiger partial charge in [-0.05, 0) is 11.4 Å². The number of hydrogen-bond donors (Lipinski definition) is 0. The van der Waals surface area contributed by atoms with E-state index in [0.717, 1.165) is 42.2 Å². The lowest BCUT2D eigenvalue weighted by Gasteiger charge is -2.35. The van der Waals surface area contributed by atoms with Crippen LogP contribution in [0, 0.1) is 10.1 Å². The van der Waals surface area contributed by atoms with E-state index in [1.165, 1.54) is 12.4 Å². The van der Waals surface area contributed by atoms with Gasteiger partial charge in [0.1, 0.15) is 29.4 Å². The Morgan fingerprint density at radius 2 is 1.75 bits per heavy atom. The minimum Gasteiger partial charge on any atom is -0.352 e. The van der Waals surface area contributed by atoms with Crippen LogP contribution in [0.3, 0.4) is 0 Å². The molecule has 24 heavy (non-hydrogen) atoms. The van der Waals surface area contributed by atoms with Gasteiger partial charge in [-0.2, -0.15) is 0 Å². The lowest BCUT2D eigenvalue weighted by Crippen LogP contribution is -2.47. The van der Waals surface area contributed by atoms with Gasteiger partial charge >= 0.3 is 5.69 Å². The summed E-state index contributed by atoms with van der Waals surface area (Å²) in [6.07, 6.45) is 4.09. The van der Waals surface area contributed by atoms with Crippen molar-refractivity contribution in [1.29, 1.82) is 0 Å². The zero-order valence-corrected chi connectivity index (χ0v) is 13.4. The van der Waals surface area contributed by atoms with Crippen molar-refractivity contribution in [2.45, 2.75) is 0 Å². The van der Waals surface area contributed by atoms with Crippen LogP contribution in [0.2, 0.25) is 0 Å². The summed E-state index contributed by atoms with van der Waals surface area (Å²) in [6, 6.07) is 2.04.